The Morgan fingerprint density at radius 1 is 1.26 bits per heavy atom. The van der Waals surface area contributed by atoms with E-state index in [4.69, 9.17) is 0 Å². The van der Waals surface area contributed by atoms with Crippen LogP contribution >= 0.6 is 11.3 Å². The van der Waals surface area contributed by atoms with E-state index < -0.39 is 0 Å². The minimum atomic E-state index is 0.191. The maximum absolute atomic E-state index is 9.19. The molecule has 2 N–H and O–H groups in total. The van der Waals surface area contributed by atoms with Gasteiger partial charge in [-0.15, -0.1) is 10.2 Å². The van der Waals surface area contributed by atoms with E-state index >= 15 is 0 Å². The molecule has 0 aromatic carbocycles. The highest BCUT2D eigenvalue weighted by Crippen LogP contribution is 2.19. The second kappa shape index (κ2) is 9.23. The molecule has 0 unspecified atom stereocenters. The lowest BCUT2D eigenvalue weighted by molar-refractivity contribution is 0.136. The SMILES string of the molecule is CCCNc1nnc(CN(CCO)C(CC)CC)s1. The van der Waals surface area contributed by atoms with E-state index in [1.54, 1.807) is 11.3 Å². The van der Waals surface area contributed by atoms with Crippen LogP contribution in [0.15, 0.2) is 0 Å². The van der Waals surface area contributed by atoms with Crippen LogP contribution in [0.5, 0.6) is 0 Å². The Kier molecular flexibility index (Phi) is 7.93. The quantitative estimate of drug-likeness (QED) is 0.691. The van der Waals surface area contributed by atoms with Gasteiger partial charge >= 0.3 is 0 Å². The lowest BCUT2D eigenvalue weighted by Gasteiger charge is -2.28. The van der Waals surface area contributed by atoms with Crippen molar-refractivity contribution >= 4 is 16.5 Å². The van der Waals surface area contributed by atoms with Crippen LogP contribution in [0.2, 0.25) is 0 Å². The fourth-order valence-electron chi connectivity index (χ4n) is 2.12. The highest BCUT2D eigenvalue weighted by Gasteiger charge is 2.17. The Bertz CT molecular complexity index is 341. The third kappa shape index (κ3) is 5.42. The van der Waals surface area contributed by atoms with Crippen molar-refractivity contribution in [3.8, 4) is 0 Å². The number of rotatable bonds is 10. The minimum absolute atomic E-state index is 0.191. The van der Waals surface area contributed by atoms with Crippen LogP contribution in [0, 0.1) is 0 Å². The van der Waals surface area contributed by atoms with E-state index in [2.05, 4.69) is 41.2 Å². The zero-order valence-electron chi connectivity index (χ0n) is 12.2. The molecule has 0 radical (unpaired) electrons. The molecule has 1 heterocycles. The van der Waals surface area contributed by atoms with E-state index in [9.17, 15) is 5.11 Å². The number of anilines is 1. The number of nitrogens with zero attached hydrogens (tertiary/aromatic N) is 3. The van der Waals surface area contributed by atoms with Crippen LogP contribution in [0.3, 0.4) is 0 Å². The van der Waals surface area contributed by atoms with Gasteiger partial charge in [-0.05, 0) is 19.3 Å². The minimum Gasteiger partial charge on any atom is -0.395 e. The van der Waals surface area contributed by atoms with Gasteiger partial charge in [-0.3, -0.25) is 4.90 Å². The van der Waals surface area contributed by atoms with Gasteiger partial charge in [0, 0.05) is 19.1 Å². The van der Waals surface area contributed by atoms with Crippen LogP contribution in [0.1, 0.15) is 45.0 Å². The molecule has 1 aromatic heterocycles. The average molecular weight is 286 g/mol. The van der Waals surface area contributed by atoms with Crippen LogP contribution < -0.4 is 5.32 Å². The number of aromatic nitrogens is 2. The number of aliphatic hydroxyl groups excluding tert-OH is 1. The highest BCUT2D eigenvalue weighted by molar-refractivity contribution is 7.15. The lowest BCUT2D eigenvalue weighted by Crippen LogP contribution is -2.36. The van der Waals surface area contributed by atoms with Gasteiger partial charge in [0.15, 0.2) is 0 Å². The Morgan fingerprint density at radius 3 is 2.58 bits per heavy atom. The highest BCUT2D eigenvalue weighted by atomic mass is 32.1. The zero-order chi connectivity index (χ0) is 14.1. The topological polar surface area (TPSA) is 61.3 Å². The van der Waals surface area contributed by atoms with Gasteiger partial charge < -0.3 is 10.4 Å². The van der Waals surface area contributed by atoms with Gasteiger partial charge in [-0.1, -0.05) is 32.1 Å². The molecular formula is C13H26N4OS. The van der Waals surface area contributed by atoms with Crippen molar-refractivity contribution in [2.45, 2.75) is 52.6 Å². The Labute approximate surface area is 120 Å². The summed E-state index contributed by atoms with van der Waals surface area (Å²) in [5.41, 5.74) is 0. The van der Waals surface area contributed by atoms with Crippen LogP contribution in [-0.4, -0.2) is 45.9 Å². The zero-order valence-corrected chi connectivity index (χ0v) is 13.0. The summed E-state index contributed by atoms with van der Waals surface area (Å²) in [7, 11) is 0. The molecule has 19 heavy (non-hydrogen) atoms. The molecule has 6 heteroatoms. The second-order valence-corrected chi connectivity index (χ2v) is 5.65. The first-order valence-electron chi connectivity index (χ1n) is 7.16. The summed E-state index contributed by atoms with van der Waals surface area (Å²) >= 11 is 1.61. The first-order chi connectivity index (χ1) is 9.24. The molecule has 1 rings (SSSR count). The predicted octanol–water partition coefficient (Wildman–Crippen LogP) is 2.34. The normalized spacial score (nSPS) is 11.5. The molecule has 0 aliphatic rings. The van der Waals surface area contributed by atoms with E-state index in [0.717, 1.165) is 42.5 Å². The average Bonchev–Trinajstić information content (AvgIpc) is 2.85. The van der Waals surface area contributed by atoms with E-state index in [1.807, 2.05) is 0 Å². The van der Waals surface area contributed by atoms with Crippen molar-refractivity contribution in [2.75, 3.05) is 25.0 Å². The summed E-state index contributed by atoms with van der Waals surface area (Å²) in [5, 5.41) is 22.7. The number of nitrogens with one attached hydrogen (secondary N) is 1. The molecule has 0 aliphatic carbocycles. The van der Waals surface area contributed by atoms with Crippen molar-refractivity contribution in [3.05, 3.63) is 5.01 Å². The molecule has 110 valence electrons. The second-order valence-electron chi connectivity index (χ2n) is 4.59. The lowest BCUT2D eigenvalue weighted by atomic mass is 10.1. The summed E-state index contributed by atoms with van der Waals surface area (Å²) in [6, 6.07) is 0.503. The van der Waals surface area contributed by atoms with E-state index in [0.29, 0.717) is 12.6 Å². The predicted molar refractivity (Wildman–Crippen MR) is 80.6 cm³/mol. The summed E-state index contributed by atoms with van der Waals surface area (Å²) in [6.45, 7) is 9.10. The molecular weight excluding hydrogens is 260 g/mol. The molecule has 0 bridgehead atoms. The van der Waals surface area contributed by atoms with Crippen LogP contribution in [0.4, 0.5) is 5.13 Å². The van der Waals surface area contributed by atoms with Crippen molar-refractivity contribution in [2.24, 2.45) is 0 Å². The van der Waals surface area contributed by atoms with Crippen molar-refractivity contribution < 1.29 is 5.11 Å². The largest absolute Gasteiger partial charge is 0.395 e. The van der Waals surface area contributed by atoms with Crippen molar-refractivity contribution in [3.63, 3.8) is 0 Å². The molecule has 0 saturated heterocycles. The van der Waals surface area contributed by atoms with Crippen molar-refractivity contribution in [1.29, 1.82) is 0 Å². The summed E-state index contributed by atoms with van der Waals surface area (Å²) in [5.74, 6) is 0. The molecule has 0 spiro atoms. The maximum atomic E-state index is 9.19. The monoisotopic (exact) mass is 286 g/mol. The van der Waals surface area contributed by atoms with E-state index in [1.165, 1.54) is 0 Å². The van der Waals surface area contributed by atoms with E-state index in [-0.39, 0.29) is 6.61 Å². The van der Waals surface area contributed by atoms with Gasteiger partial charge in [0.2, 0.25) is 5.13 Å². The fourth-order valence-corrected chi connectivity index (χ4v) is 2.91. The standard InChI is InChI=1S/C13H26N4OS/c1-4-7-14-13-16-15-12(19-13)10-17(8-9-18)11(5-2)6-3/h11,18H,4-10H2,1-3H3,(H,14,16). The molecule has 0 fully saturated rings. The smallest absolute Gasteiger partial charge is 0.205 e. The first kappa shape index (κ1) is 16.3. The number of aliphatic hydroxyl groups is 1. The molecule has 0 amide bonds. The van der Waals surface area contributed by atoms with Gasteiger partial charge in [0.05, 0.1) is 13.2 Å². The molecule has 1 aromatic rings. The van der Waals surface area contributed by atoms with Crippen molar-refractivity contribution in [1.82, 2.24) is 15.1 Å². The van der Waals surface area contributed by atoms with Gasteiger partial charge in [-0.2, -0.15) is 0 Å². The molecule has 0 aliphatic heterocycles. The summed E-state index contributed by atoms with van der Waals surface area (Å²) in [6.07, 6.45) is 3.27. The summed E-state index contributed by atoms with van der Waals surface area (Å²) in [4.78, 5) is 2.30. The number of hydrogen-bond donors (Lipinski definition) is 2. The third-order valence-electron chi connectivity index (χ3n) is 3.18. The Balaban J connectivity index is 2.59. The Morgan fingerprint density at radius 2 is 2.00 bits per heavy atom. The van der Waals surface area contributed by atoms with Crippen LogP contribution in [-0.2, 0) is 6.54 Å². The van der Waals surface area contributed by atoms with Crippen LogP contribution in [0.25, 0.3) is 0 Å². The molecule has 0 atom stereocenters. The van der Waals surface area contributed by atoms with Gasteiger partial charge in [0.25, 0.3) is 0 Å². The number of hydrogen-bond acceptors (Lipinski definition) is 6. The molecule has 0 saturated carbocycles. The molecule has 5 nitrogen and oxygen atoms in total. The first-order valence-corrected chi connectivity index (χ1v) is 7.97. The summed E-state index contributed by atoms with van der Waals surface area (Å²) < 4.78 is 0. The third-order valence-corrected chi connectivity index (χ3v) is 4.04. The Hall–Kier alpha value is -0.720. The maximum Gasteiger partial charge on any atom is 0.205 e. The fraction of sp³-hybridized carbons (Fsp3) is 0.846. The van der Waals surface area contributed by atoms with Gasteiger partial charge in [-0.25, -0.2) is 0 Å². The van der Waals surface area contributed by atoms with Gasteiger partial charge in [0.1, 0.15) is 5.01 Å².